The summed E-state index contributed by atoms with van der Waals surface area (Å²) >= 11 is 6.64. The van der Waals surface area contributed by atoms with E-state index >= 15 is 4.39 Å². The van der Waals surface area contributed by atoms with E-state index < -0.39 is 22.8 Å². The average molecular weight is 451 g/mol. The van der Waals surface area contributed by atoms with E-state index in [1.54, 1.807) is 9.47 Å². The van der Waals surface area contributed by atoms with Gasteiger partial charge in [0.25, 0.3) is 0 Å². The van der Waals surface area contributed by atoms with Crippen molar-refractivity contribution >= 4 is 40.1 Å². The number of carbonyl (C=O) groups excluding carboxylic acids is 1. The Morgan fingerprint density at radius 1 is 1.32 bits per heavy atom. The molecule has 4 rings (SSSR count). The second kappa shape index (κ2) is 8.47. The summed E-state index contributed by atoms with van der Waals surface area (Å²) in [5.74, 6) is -2.13. The number of nitrogens with two attached hydrogens (primary N) is 1. The molecular weight excluding hydrogens is 427 g/mol. The molecule has 1 saturated heterocycles. The van der Waals surface area contributed by atoms with E-state index in [1.807, 2.05) is 0 Å². The van der Waals surface area contributed by atoms with Gasteiger partial charge in [-0.15, -0.1) is 0 Å². The van der Waals surface area contributed by atoms with Crippen molar-refractivity contribution in [1.29, 1.82) is 0 Å². The third kappa shape index (κ3) is 4.12. The fraction of sp³-hybridized carbons (Fsp3) is 0.476. The summed E-state index contributed by atoms with van der Waals surface area (Å²) in [5, 5.41) is 12.4. The number of aromatic nitrogens is 1. The molecule has 2 fully saturated rings. The number of aromatic carboxylic acids is 1. The number of halogens is 2. The third-order valence-corrected chi connectivity index (χ3v) is 6.19. The Morgan fingerprint density at radius 3 is 2.71 bits per heavy atom. The topological polar surface area (TPSA) is 118 Å². The molecule has 166 valence electrons. The number of carboxylic acid groups (broad SMARTS) is 1. The number of benzene rings is 1. The molecule has 10 heteroatoms. The monoisotopic (exact) mass is 450 g/mol. The maximum absolute atomic E-state index is 15.1. The van der Waals surface area contributed by atoms with Crippen LogP contribution in [-0.4, -0.2) is 47.2 Å². The Labute approximate surface area is 182 Å². The predicted octanol–water partition coefficient (Wildman–Crippen LogP) is 2.26. The Morgan fingerprint density at radius 2 is 2.06 bits per heavy atom. The number of nitrogens with zero attached hydrogens (tertiary/aromatic N) is 2. The molecule has 2 aromatic rings. The van der Waals surface area contributed by atoms with E-state index in [2.05, 4.69) is 5.32 Å². The van der Waals surface area contributed by atoms with E-state index in [-0.39, 0.29) is 34.1 Å². The number of nitrogens with one attached hydrogen (secondary N) is 1. The van der Waals surface area contributed by atoms with Crippen LogP contribution in [0.2, 0.25) is 5.02 Å². The van der Waals surface area contributed by atoms with Crippen molar-refractivity contribution in [2.45, 2.75) is 44.2 Å². The van der Waals surface area contributed by atoms with Gasteiger partial charge in [0.15, 0.2) is 0 Å². The van der Waals surface area contributed by atoms with Crippen molar-refractivity contribution in [1.82, 2.24) is 9.88 Å². The van der Waals surface area contributed by atoms with Crippen LogP contribution in [0.3, 0.4) is 0 Å². The van der Waals surface area contributed by atoms with E-state index in [0.29, 0.717) is 44.4 Å². The Hall–Kier alpha value is -2.65. The Bertz CT molecular complexity index is 1110. The van der Waals surface area contributed by atoms with Crippen LogP contribution in [0.4, 0.5) is 10.1 Å². The second-order valence-electron chi connectivity index (χ2n) is 8.12. The second-order valence-corrected chi connectivity index (χ2v) is 8.50. The molecule has 0 spiro atoms. The van der Waals surface area contributed by atoms with Crippen molar-refractivity contribution < 1.29 is 19.1 Å². The van der Waals surface area contributed by atoms with E-state index in [9.17, 15) is 19.5 Å². The quantitative estimate of drug-likeness (QED) is 0.595. The molecular formula is C21H24ClFN4O4. The lowest BCUT2D eigenvalue weighted by Crippen LogP contribution is -2.37. The summed E-state index contributed by atoms with van der Waals surface area (Å²) in [4.78, 5) is 37.9. The van der Waals surface area contributed by atoms with Crippen LogP contribution in [0.15, 0.2) is 17.1 Å². The van der Waals surface area contributed by atoms with Gasteiger partial charge in [0.05, 0.1) is 21.6 Å². The number of carboxylic acids is 1. The molecule has 2 aliphatic rings. The van der Waals surface area contributed by atoms with Gasteiger partial charge >= 0.3 is 5.97 Å². The summed E-state index contributed by atoms with van der Waals surface area (Å²) in [6, 6.07) is 0.971. The standard InChI is InChI=1S/C21H24ClFN4O4/c22-17-18-13(20(29)14(21(30)31)10-27(18)12-3-4-12)8-15(23)19(17)26-7-5-11(9-26)25-16(28)2-1-6-24/h8,10-12H,1-7,9,24H2,(H,25,28)(H,30,31). The smallest absolute Gasteiger partial charge is 0.341 e. The zero-order chi connectivity index (χ0) is 22.3. The van der Waals surface area contributed by atoms with Crippen LogP contribution in [0.1, 0.15) is 48.5 Å². The van der Waals surface area contributed by atoms with Crippen LogP contribution in [0, 0.1) is 5.82 Å². The molecule has 2 heterocycles. The van der Waals surface area contributed by atoms with Crippen molar-refractivity contribution in [3.8, 4) is 0 Å². The first kappa shape index (κ1) is 21.6. The number of rotatable bonds is 7. The lowest BCUT2D eigenvalue weighted by Gasteiger charge is -2.23. The van der Waals surface area contributed by atoms with Gasteiger partial charge in [0.2, 0.25) is 11.3 Å². The van der Waals surface area contributed by atoms with Gasteiger partial charge in [0.1, 0.15) is 11.4 Å². The molecule has 1 aromatic heterocycles. The minimum absolute atomic E-state index is 0.0326. The first-order valence-corrected chi connectivity index (χ1v) is 10.7. The molecule has 1 amide bonds. The largest absolute Gasteiger partial charge is 0.477 e. The molecule has 1 atom stereocenters. The Kier molecular flexibility index (Phi) is 5.90. The van der Waals surface area contributed by atoms with Gasteiger partial charge in [-0.1, -0.05) is 11.6 Å². The first-order valence-electron chi connectivity index (χ1n) is 10.4. The van der Waals surface area contributed by atoms with Crippen molar-refractivity contribution in [3.05, 3.63) is 38.9 Å². The molecule has 4 N–H and O–H groups in total. The molecule has 1 aliphatic carbocycles. The summed E-state index contributed by atoms with van der Waals surface area (Å²) in [7, 11) is 0. The normalized spacial score (nSPS) is 18.5. The number of hydrogen-bond acceptors (Lipinski definition) is 5. The maximum Gasteiger partial charge on any atom is 0.341 e. The number of carbonyl (C=O) groups is 2. The van der Waals surface area contributed by atoms with Crippen molar-refractivity contribution in [3.63, 3.8) is 0 Å². The maximum atomic E-state index is 15.1. The molecule has 0 bridgehead atoms. The van der Waals surface area contributed by atoms with Crippen LogP contribution in [0.25, 0.3) is 10.9 Å². The van der Waals surface area contributed by atoms with Gasteiger partial charge in [-0.2, -0.15) is 0 Å². The lowest BCUT2D eigenvalue weighted by molar-refractivity contribution is -0.121. The Balaban J connectivity index is 1.71. The summed E-state index contributed by atoms with van der Waals surface area (Å²) in [6.07, 6.45) is 4.56. The highest BCUT2D eigenvalue weighted by atomic mass is 35.5. The average Bonchev–Trinajstić information content (AvgIpc) is 3.47. The van der Waals surface area contributed by atoms with Gasteiger partial charge in [0, 0.05) is 37.8 Å². The van der Waals surface area contributed by atoms with Crippen LogP contribution >= 0.6 is 11.6 Å². The minimum atomic E-state index is -1.35. The van der Waals surface area contributed by atoms with Gasteiger partial charge in [-0.3, -0.25) is 9.59 Å². The highest BCUT2D eigenvalue weighted by molar-refractivity contribution is 6.38. The summed E-state index contributed by atoms with van der Waals surface area (Å²) in [6.45, 7) is 1.32. The third-order valence-electron chi connectivity index (χ3n) is 5.83. The number of amides is 1. The van der Waals surface area contributed by atoms with E-state index in [0.717, 1.165) is 18.9 Å². The molecule has 1 unspecified atom stereocenters. The number of anilines is 1. The van der Waals surface area contributed by atoms with Gasteiger partial charge in [-0.25, -0.2) is 9.18 Å². The van der Waals surface area contributed by atoms with Crippen LogP contribution in [-0.2, 0) is 4.79 Å². The van der Waals surface area contributed by atoms with E-state index in [1.165, 1.54) is 6.20 Å². The summed E-state index contributed by atoms with van der Waals surface area (Å²) in [5.41, 5.74) is 4.81. The molecule has 1 aliphatic heterocycles. The van der Waals surface area contributed by atoms with Crippen molar-refractivity contribution in [2.24, 2.45) is 5.73 Å². The predicted molar refractivity (Wildman–Crippen MR) is 115 cm³/mol. The number of pyridine rings is 1. The molecule has 8 nitrogen and oxygen atoms in total. The number of hydrogen-bond donors (Lipinski definition) is 3. The SMILES string of the molecule is NCCCC(=O)NC1CCN(c2c(F)cc3c(=O)c(C(=O)O)cn(C4CC4)c3c2Cl)C1. The molecule has 1 saturated carbocycles. The van der Waals surface area contributed by atoms with E-state index in [4.69, 9.17) is 17.3 Å². The zero-order valence-electron chi connectivity index (χ0n) is 16.9. The minimum Gasteiger partial charge on any atom is -0.477 e. The van der Waals surface area contributed by atoms with Gasteiger partial charge < -0.3 is 25.6 Å². The van der Waals surface area contributed by atoms with Crippen molar-refractivity contribution in [2.75, 3.05) is 24.5 Å². The fourth-order valence-corrected chi connectivity index (χ4v) is 4.57. The summed E-state index contributed by atoms with van der Waals surface area (Å²) < 4.78 is 16.8. The molecule has 0 radical (unpaired) electrons. The lowest BCUT2D eigenvalue weighted by atomic mass is 10.1. The van der Waals surface area contributed by atoms with Crippen LogP contribution in [0.5, 0.6) is 0 Å². The number of fused-ring (bicyclic) bond motifs is 1. The van der Waals surface area contributed by atoms with Crippen LogP contribution < -0.4 is 21.4 Å². The first-order chi connectivity index (χ1) is 14.8. The highest BCUT2D eigenvalue weighted by Crippen LogP contribution is 2.42. The van der Waals surface area contributed by atoms with Gasteiger partial charge in [-0.05, 0) is 38.3 Å². The molecule has 31 heavy (non-hydrogen) atoms. The highest BCUT2D eigenvalue weighted by Gasteiger charge is 2.32. The zero-order valence-corrected chi connectivity index (χ0v) is 17.6. The fourth-order valence-electron chi connectivity index (χ4n) is 4.16. The molecule has 1 aromatic carbocycles.